The first-order chi connectivity index (χ1) is 23.9. The zero-order valence-corrected chi connectivity index (χ0v) is 28.9. The molecule has 0 radical (unpaired) electrons. The van der Waals surface area contributed by atoms with Crippen molar-refractivity contribution >= 4 is 40.6 Å². The molecule has 5 aromatic rings. The number of hydrogen-bond donors (Lipinski definition) is 1. The highest BCUT2D eigenvalue weighted by atomic mass is 32.2. The Morgan fingerprint density at radius 1 is 0.898 bits per heavy atom. The maximum absolute atomic E-state index is 14.1. The highest BCUT2D eigenvalue weighted by Crippen LogP contribution is 2.42. The van der Waals surface area contributed by atoms with Crippen LogP contribution in [-0.4, -0.2) is 71.5 Å². The minimum absolute atomic E-state index is 0.00740. The fourth-order valence-corrected chi connectivity index (χ4v) is 7.07. The van der Waals surface area contributed by atoms with E-state index in [1.165, 1.54) is 16.8 Å². The van der Waals surface area contributed by atoms with E-state index in [0.29, 0.717) is 51.7 Å². The molecular weight excluding hydrogens is 665 g/mol. The molecule has 1 atom stereocenters. The van der Waals surface area contributed by atoms with E-state index in [9.17, 15) is 9.59 Å². The first kappa shape index (κ1) is 33.6. The lowest BCUT2D eigenvalue weighted by Gasteiger charge is -2.24. The second-order valence-electron chi connectivity index (χ2n) is 10.7. The van der Waals surface area contributed by atoms with Crippen LogP contribution in [-0.2, 0) is 11.3 Å². The maximum Gasteiger partial charge on any atom is 0.253 e. The Kier molecular flexibility index (Phi) is 10.4. The van der Waals surface area contributed by atoms with Gasteiger partial charge in [0, 0.05) is 17.5 Å². The van der Waals surface area contributed by atoms with E-state index in [2.05, 4.69) is 15.5 Å². The Morgan fingerprint density at radius 3 is 2.45 bits per heavy atom. The average molecular weight is 699 g/mol. The molecule has 0 bridgehead atoms. The number of benzene rings is 3. The monoisotopic (exact) mass is 698 g/mol. The van der Waals surface area contributed by atoms with Gasteiger partial charge in [0.2, 0.25) is 0 Å². The average Bonchev–Trinajstić information content (AvgIpc) is 3.93. The molecule has 3 aromatic carbocycles. The van der Waals surface area contributed by atoms with Gasteiger partial charge in [-0.05, 0) is 47.8 Å². The smallest absolute Gasteiger partial charge is 0.253 e. The van der Waals surface area contributed by atoms with Crippen LogP contribution in [0.25, 0.3) is 5.69 Å². The second kappa shape index (κ2) is 15.3. The number of carbonyl (C=O) groups excluding carboxylic acids is 2. The summed E-state index contributed by atoms with van der Waals surface area (Å²) in [4.78, 5) is 28.1. The molecule has 6 rings (SSSR count). The molecular formula is C35H34N6O6S2. The third-order valence-electron chi connectivity index (χ3n) is 7.85. The number of hydrazone groups is 1. The SMILES string of the molecule is COc1cccc(C(=O)NCc2nnc(SCC(=O)N3N=C(c4cccs4)C[C@H]3c3cccc(OC)c3OC)n2-c2ccccc2OC)c1. The number of hydrogen-bond acceptors (Lipinski definition) is 11. The number of nitrogens with zero attached hydrogens (tertiary/aromatic N) is 5. The molecule has 2 amide bonds. The summed E-state index contributed by atoms with van der Waals surface area (Å²) in [7, 11) is 6.29. The topological polar surface area (TPSA) is 129 Å². The van der Waals surface area contributed by atoms with Gasteiger partial charge < -0.3 is 24.3 Å². The molecule has 0 spiro atoms. The van der Waals surface area contributed by atoms with Crippen molar-refractivity contribution in [2.75, 3.05) is 34.2 Å². The van der Waals surface area contributed by atoms with E-state index in [4.69, 9.17) is 24.0 Å². The quantitative estimate of drug-likeness (QED) is 0.153. The molecule has 0 saturated carbocycles. The van der Waals surface area contributed by atoms with Crippen LogP contribution in [0.4, 0.5) is 0 Å². The minimum Gasteiger partial charge on any atom is -0.497 e. The highest BCUT2D eigenvalue weighted by Gasteiger charge is 2.36. The van der Waals surface area contributed by atoms with E-state index < -0.39 is 6.04 Å². The van der Waals surface area contributed by atoms with Crippen LogP contribution in [0, 0.1) is 0 Å². The minimum atomic E-state index is -0.412. The van der Waals surface area contributed by atoms with Crippen LogP contribution in [0.3, 0.4) is 0 Å². The van der Waals surface area contributed by atoms with Crippen LogP contribution < -0.4 is 24.3 Å². The number of amides is 2. The van der Waals surface area contributed by atoms with E-state index in [0.717, 1.165) is 16.2 Å². The number of para-hydroxylation sites is 3. The molecule has 14 heteroatoms. The Morgan fingerprint density at radius 2 is 1.69 bits per heavy atom. The Labute approximate surface area is 291 Å². The predicted octanol–water partition coefficient (Wildman–Crippen LogP) is 5.76. The number of ether oxygens (including phenoxy) is 4. The number of aromatic nitrogens is 3. The Hall–Kier alpha value is -5.34. The van der Waals surface area contributed by atoms with Crippen molar-refractivity contribution in [3.8, 4) is 28.7 Å². The van der Waals surface area contributed by atoms with Gasteiger partial charge in [0.15, 0.2) is 22.5 Å². The largest absolute Gasteiger partial charge is 0.497 e. The van der Waals surface area contributed by atoms with Crippen LogP contribution in [0.15, 0.2) is 94.5 Å². The molecule has 0 fully saturated rings. The van der Waals surface area contributed by atoms with Crippen molar-refractivity contribution in [1.29, 1.82) is 0 Å². The van der Waals surface area contributed by atoms with Gasteiger partial charge in [0.05, 0.1) is 63.1 Å². The summed E-state index contributed by atoms with van der Waals surface area (Å²) >= 11 is 2.79. The van der Waals surface area contributed by atoms with Crippen molar-refractivity contribution in [1.82, 2.24) is 25.1 Å². The molecule has 1 aliphatic heterocycles. The molecule has 3 heterocycles. The Bertz CT molecular complexity index is 1980. The molecule has 252 valence electrons. The standard InChI is InChI=1S/C35H34N6O6S2/c1-44-23-11-7-10-22(18-23)34(43)36-20-31-37-38-35(40(31)26-13-5-6-14-28(26)45-2)49-21-32(42)41-27(19-25(39-41)30-16-9-17-48-30)24-12-8-15-29(46-3)33(24)47-4/h5-18,27H,19-21H2,1-4H3,(H,36,43)/t27-/m0/s1. The summed E-state index contributed by atoms with van der Waals surface area (Å²) in [6.45, 7) is 0.0634. The summed E-state index contributed by atoms with van der Waals surface area (Å²) in [6, 6.07) is 23.5. The number of thioether (sulfide) groups is 1. The number of rotatable bonds is 13. The van der Waals surface area contributed by atoms with Gasteiger partial charge in [-0.15, -0.1) is 21.5 Å². The van der Waals surface area contributed by atoms with E-state index in [-0.39, 0.29) is 24.1 Å². The summed E-state index contributed by atoms with van der Waals surface area (Å²) in [6.07, 6.45) is 0.509. The predicted molar refractivity (Wildman–Crippen MR) is 187 cm³/mol. The Balaban J connectivity index is 1.28. The summed E-state index contributed by atoms with van der Waals surface area (Å²) < 4.78 is 24.0. The summed E-state index contributed by atoms with van der Waals surface area (Å²) in [5.74, 6) is 2.21. The third-order valence-corrected chi connectivity index (χ3v) is 9.69. The zero-order chi connectivity index (χ0) is 34.3. The van der Waals surface area contributed by atoms with Crippen LogP contribution in [0.5, 0.6) is 23.0 Å². The molecule has 12 nitrogen and oxygen atoms in total. The first-order valence-electron chi connectivity index (χ1n) is 15.2. The maximum atomic E-state index is 14.1. The molecule has 0 saturated heterocycles. The molecule has 0 aliphatic carbocycles. The fourth-order valence-electron chi connectivity index (χ4n) is 5.53. The number of thiophene rings is 1. The summed E-state index contributed by atoms with van der Waals surface area (Å²) in [5, 5.41) is 20.5. The fraction of sp³-hybridized carbons (Fsp3) is 0.229. The van der Waals surface area contributed by atoms with Crippen LogP contribution in [0.2, 0.25) is 0 Å². The third kappa shape index (κ3) is 7.10. The van der Waals surface area contributed by atoms with Crippen molar-refractivity contribution in [3.05, 3.63) is 106 Å². The zero-order valence-electron chi connectivity index (χ0n) is 27.3. The van der Waals surface area contributed by atoms with Gasteiger partial charge in [-0.1, -0.05) is 48.2 Å². The van der Waals surface area contributed by atoms with E-state index in [1.807, 2.05) is 60.0 Å². The van der Waals surface area contributed by atoms with E-state index >= 15 is 0 Å². The number of carbonyl (C=O) groups is 2. The molecule has 1 aliphatic rings. The lowest BCUT2D eigenvalue weighted by molar-refractivity contribution is -0.130. The highest BCUT2D eigenvalue weighted by molar-refractivity contribution is 7.99. The molecule has 49 heavy (non-hydrogen) atoms. The van der Waals surface area contributed by atoms with Crippen LogP contribution >= 0.6 is 23.1 Å². The van der Waals surface area contributed by atoms with Crippen molar-refractivity contribution in [2.45, 2.75) is 24.2 Å². The normalized spacial score (nSPS) is 13.9. The van der Waals surface area contributed by atoms with Gasteiger partial charge in [0.1, 0.15) is 11.5 Å². The van der Waals surface area contributed by atoms with Gasteiger partial charge in [-0.25, -0.2) is 5.01 Å². The van der Waals surface area contributed by atoms with Gasteiger partial charge in [0.25, 0.3) is 11.8 Å². The van der Waals surface area contributed by atoms with Crippen molar-refractivity contribution in [2.24, 2.45) is 5.10 Å². The molecule has 1 N–H and O–H groups in total. The second-order valence-corrected chi connectivity index (χ2v) is 12.6. The molecule has 2 aromatic heterocycles. The summed E-state index contributed by atoms with van der Waals surface area (Å²) in [5.41, 5.74) is 2.71. The van der Waals surface area contributed by atoms with Gasteiger partial charge in [-0.3, -0.25) is 14.2 Å². The number of methoxy groups -OCH3 is 4. The van der Waals surface area contributed by atoms with Crippen molar-refractivity contribution in [3.63, 3.8) is 0 Å². The first-order valence-corrected chi connectivity index (χ1v) is 17.1. The number of nitrogens with one attached hydrogen (secondary N) is 1. The van der Waals surface area contributed by atoms with Crippen molar-refractivity contribution < 1.29 is 28.5 Å². The van der Waals surface area contributed by atoms with Gasteiger partial charge in [-0.2, -0.15) is 5.10 Å². The lowest BCUT2D eigenvalue weighted by atomic mass is 9.99. The van der Waals surface area contributed by atoms with Gasteiger partial charge >= 0.3 is 0 Å². The van der Waals surface area contributed by atoms with E-state index in [1.54, 1.807) is 68.6 Å². The molecule has 0 unspecified atom stereocenters. The lowest BCUT2D eigenvalue weighted by Crippen LogP contribution is -2.29. The van der Waals surface area contributed by atoms with Crippen LogP contribution in [0.1, 0.15) is 39.1 Å².